The predicted molar refractivity (Wildman–Crippen MR) is 72.0 cm³/mol. The molecule has 3 heteroatoms. The lowest BCUT2D eigenvalue weighted by Crippen LogP contribution is -2.02. The van der Waals surface area contributed by atoms with Crippen molar-refractivity contribution in [1.29, 1.82) is 0 Å². The summed E-state index contributed by atoms with van der Waals surface area (Å²) in [5.74, 6) is 7.27. The van der Waals surface area contributed by atoms with Crippen molar-refractivity contribution < 1.29 is 14.2 Å². The summed E-state index contributed by atoms with van der Waals surface area (Å²) in [4.78, 5) is 0. The van der Waals surface area contributed by atoms with E-state index in [2.05, 4.69) is 11.8 Å². The zero-order chi connectivity index (χ0) is 13.4. The van der Waals surface area contributed by atoms with Crippen LogP contribution in [0.4, 0.5) is 0 Å². The van der Waals surface area contributed by atoms with Crippen LogP contribution in [0.5, 0.6) is 11.5 Å². The molecule has 0 heterocycles. The van der Waals surface area contributed by atoms with Gasteiger partial charge in [-0.15, -0.1) is 11.8 Å². The third-order valence-corrected chi connectivity index (χ3v) is 2.65. The van der Waals surface area contributed by atoms with Crippen molar-refractivity contribution in [2.45, 2.75) is 26.4 Å². The summed E-state index contributed by atoms with van der Waals surface area (Å²) in [6, 6.07) is 5.81. The van der Waals surface area contributed by atoms with E-state index in [1.54, 1.807) is 14.2 Å². The third kappa shape index (κ3) is 3.97. The molecule has 0 aliphatic rings. The SMILES string of the molecule is CC#CCCOC(C)c1ccc(OC)c(OC)c1. The lowest BCUT2D eigenvalue weighted by atomic mass is 10.1. The first-order valence-corrected chi connectivity index (χ1v) is 5.96. The molecule has 1 aromatic carbocycles. The van der Waals surface area contributed by atoms with Crippen LogP contribution in [0.15, 0.2) is 18.2 Å². The fourth-order valence-corrected chi connectivity index (χ4v) is 1.61. The van der Waals surface area contributed by atoms with Gasteiger partial charge in [-0.2, -0.15) is 0 Å². The van der Waals surface area contributed by atoms with Crippen molar-refractivity contribution >= 4 is 0 Å². The smallest absolute Gasteiger partial charge is 0.161 e. The number of hydrogen-bond donors (Lipinski definition) is 0. The molecule has 1 atom stereocenters. The van der Waals surface area contributed by atoms with Gasteiger partial charge in [0.05, 0.1) is 26.9 Å². The molecule has 0 aliphatic heterocycles. The van der Waals surface area contributed by atoms with Crippen LogP contribution < -0.4 is 9.47 Å². The first kappa shape index (κ1) is 14.4. The molecule has 0 saturated heterocycles. The second kappa shape index (κ2) is 7.62. The Labute approximate surface area is 109 Å². The van der Waals surface area contributed by atoms with Gasteiger partial charge in [0.25, 0.3) is 0 Å². The Morgan fingerprint density at radius 2 is 1.89 bits per heavy atom. The van der Waals surface area contributed by atoms with Crippen molar-refractivity contribution in [3.8, 4) is 23.3 Å². The van der Waals surface area contributed by atoms with Crippen LogP contribution in [-0.4, -0.2) is 20.8 Å². The quantitative estimate of drug-likeness (QED) is 0.571. The zero-order valence-electron chi connectivity index (χ0n) is 11.4. The van der Waals surface area contributed by atoms with Crippen LogP contribution in [0.25, 0.3) is 0 Å². The van der Waals surface area contributed by atoms with E-state index >= 15 is 0 Å². The van der Waals surface area contributed by atoms with Crippen molar-refractivity contribution in [1.82, 2.24) is 0 Å². The molecule has 0 saturated carbocycles. The summed E-state index contributed by atoms with van der Waals surface area (Å²) in [6.07, 6.45) is 0.775. The molecule has 0 N–H and O–H groups in total. The number of ether oxygens (including phenoxy) is 3. The molecule has 1 aromatic rings. The third-order valence-electron chi connectivity index (χ3n) is 2.65. The highest BCUT2D eigenvalue weighted by Crippen LogP contribution is 2.30. The lowest BCUT2D eigenvalue weighted by Gasteiger charge is -2.15. The largest absolute Gasteiger partial charge is 0.493 e. The minimum atomic E-state index is 0.0171. The fraction of sp³-hybridized carbons (Fsp3) is 0.467. The fourth-order valence-electron chi connectivity index (χ4n) is 1.61. The van der Waals surface area contributed by atoms with E-state index < -0.39 is 0 Å². The van der Waals surface area contributed by atoms with Crippen LogP contribution >= 0.6 is 0 Å². The van der Waals surface area contributed by atoms with E-state index in [9.17, 15) is 0 Å². The second-order valence-corrected chi connectivity index (χ2v) is 3.80. The van der Waals surface area contributed by atoms with Gasteiger partial charge in [-0.1, -0.05) is 6.07 Å². The van der Waals surface area contributed by atoms with Crippen molar-refractivity contribution in [2.24, 2.45) is 0 Å². The van der Waals surface area contributed by atoms with Gasteiger partial charge >= 0.3 is 0 Å². The highest BCUT2D eigenvalue weighted by atomic mass is 16.5. The highest BCUT2D eigenvalue weighted by Gasteiger charge is 2.10. The molecule has 0 radical (unpaired) electrons. The molecular weight excluding hydrogens is 228 g/mol. The van der Waals surface area contributed by atoms with Gasteiger partial charge in [-0.3, -0.25) is 0 Å². The van der Waals surface area contributed by atoms with Gasteiger partial charge in [0, 0.05) is 6.42 Å². The number of benzene rings is 1. The highest BCUT2D eigenvalue weighted by molar-refractivity contribution is 5.43. The summed E-state index contributed by atoms with van der Waals surface area (Å²) in [5, 5.41) is 0. The molecule has 0 amide bonds. The first-order chi connectivity index (χ1) is 8.72. The second-order valence-electron chi connectivity index (χ2n) is 3.80. The number of rotatable bonds is 6. The Balaban J connectivity index is 2.66. The van der Waals surface area contributed by atoms with Crippen molar-refractivity contribution in [2.75, 3.05) is 20.8 Å². The molecule has 0 fully saturated rings. The average Bonchev–Trinajstić information content (AvgIpc) is 2.42. The minimum absolute atomic E-state index is 0.0171. The Hall–Kier alpha value is -1.66. The maximum atomic E-state index is 5.70. The number of methoxy groups -OCH3 is 2. The Morgan fingerprint density at radius 3 is 2.50 bits per heavy atom. The molecule has 18 heavy (non-hydrogen) atoms. The maximum Gasteiger partial charge on any atom is 0.161 e. The van der Waals surface area contributed by atoms with Crippen molar-refractivity contribution in [3.05, 3.63) is 23.8 Å². The van der Waals surface area contributed by atoms with Crippen LogP contribution in [0.3, 0.4) is 0 Å². The normalized spacial score (nSPS) is 11.3. The monoisotopic (exact) mass is 248 g/mol. The lowest BCUT2D eigenvalue weighted by molar-refractivity contribution is 0.0700. The molecule has 0 aliphatic carbocycles. The van der Waals surface area contributed by atoms with E-state index in [0.29, 0.717) is 6.61 Å². The van der Waals surface area contributed by atoms with Gasteiger partial charge in [0.1, 0.15) is 0 Å². The molecule has 98 valence electrons. The Bertz CT molecular complexity index is 429. The standard InChI is InChI=1S/C15H20O3/c1-5-6-7-10-18-12(2)13-8-9-14(16-3)15(11-13)17-4/h8-9,11-12H,7,10H2,1-4H3. The van der Waals surface area contributed by atoms with Gasteiger partial charge in [0.15, 0.2) is 11.5 Å². The molecule has 0 spiro atoms. The summed E-state index contributed by atoms with van der Waals surface area (Å²) in [5.41, 5.74) is 1.07. The Morgan fingerprint density at radius 1 is 1.17 bits per heavy atom. The maximum absolute atomic E-state index is 5.70. The summed E-state index contributed by atoms with van der Waals surface area (Å²) in [6.45, 7) is 4.48. The summed E-state index contributed by atoms with van der Waals surface area (Å²) < 4.78 is 16.2. The van der Waals surface area contributed by atoms with Crippen LogP contribution in [-0.2, 0) is 4.74 Å². The van der Waals surface area contributed by atoms with E-state index in [-0.39, 0.29) is 6.10 Å². The van der Waals surface area contributed by atoms with Crippen LogP contribution in [0.1, 0.15) is 31.9 Å². The number of hydrogen-bond acceptors (Lipinski definition) is 3. The summed E-state index contributed by atoms with van der Waals surface area (Å²) in [7, 11) is 3.25. The van der Waals surface area contributed by atoms with Crippen LogP contribution in [0.2, 0.25) is 0 Å². The van der Waals surface area contributed by atoms with Gasteiger partial charge in [-0.25, -0.2) is 0 Å². The van der Waals surface area contributed by atoms with E-state index in [4.69, 9.17) is 14.2 Å². The van der Waals surface area contributed by atoms with Gasteiger partial charge < -0.3 is 14.2 Å². The zero-order valence-corrected chi connectivity index (χ0v) is 11.4. The molecule has 1 unspecified atom stereocenters. The first-order valence-electron chi connectivity index (χ1n) is 5.96. The van der Waals surface area contributed by atoms with Gasteiger partial charge in [0.2, 0.25) is 0 Å². The topological polar surface area (TPSA) is 27.7 Å². The Kier molecular flexibility index (Phi) is 6.10. The molecule has 0 bridgehead atoms. The minimum Gasteiger partial charge on any atom is -0.493 e. The molecule has 0 aromatic heterocycles. The molecular formula is C15H20O3. The van der Waals surface area contributed by atoms with E-state index in [1.165, 1.54) is 0 Å². The molecule has 3 nitrogen and oxygen atoms in total. The van der Waals surface area contributed by atoms with Crippen LogP contribution in [0, 0.1) is 11.8 Å². The van der Waals surface area contributed by atoms with Gasteiger partial charge in [-0.05, 0) is 31.5 Å². The van der Waals surface area contributed by atoms with E-state index in [1.807, 2.05) is 32.0 Å². The molecule has 1 rings (SSSR count). The van der Waals surface area contributed by atoms with Crippen molar-refractivity contribution in [3.63, 3.8) is 0 Å². The predicted octanol–water partition coefficient (Wildman–Crippen LogP) is 3.19. The van der Waals surface area contributed by atoms with E-state index in [0.717, 1.165) is 23.5 Å². The summed E-state index contributed by atoms with van der Waals surface area (Å²) >= 11 is 0. The average molecular weight is 248 g/mol.